The van der Waals surface area contributed by atoms with Crippen LogP contribution in [-0.4, -0.2) is 39.5 Å². The van der Waals surface area contributed by atoms with Gasteiger partial charge in [0.2, 0.25) is 15.8 Å². The number of aromatic nitrogens is 4. The zero-order chi connectivity index (χ0) is 22.5. The van der Waals surface area contributed by atoms with E-state index in [9.17, 15) is 13.2 Å². The lowest BCUT2D eigenvalue weighted by molar-refractivity contribution is 0.246. The van der Waals surface area contributed by atoms with Crippen molar-refractivity contribution in [3.63, 3.8) is 0 Å². The van der Waals surface area contributed by atoms with Crippen LogP contribution in [0, 0.1) is 6.92 Å². The van der Waals surface area contributed by atoms with Crippen LogP contribution in [0.3, 0.4) is 0 Å². The van der Waals surface area contributed by atoms with Crippen LogP contribution in [-0.2, 0) is 23.6 Å². The molecule has 1 atom stereocenters. The molecular formula is C21H24N6O3S. The minimum atomic E-state index is -3.73. The van der Waals surface area contributed by atoms with Crippen molar-refractivity contribution >= 4 is 26.7 Å². The molecule has 4 rings (SSSR count). The van der Waals surface area contributed by atoms with Gasteiger partial charge in [0, 0.05) is 13.1 Å². The van der Waals surface area contributed by atoms with E-state index in [1.165, 1.54) is 16.7 Å². The highest BCUT2D eigenvalue weighted by Gasteiger charge is 2.19. The van der Waals surface area contributed by atoms with E-state index in [0.29, 0.717) is 23.5 Å². The summed E-state index contributed by atoms with van der Waals surface area (Å²) in [5, 5.41) is 14.4. The Balaban J connectivity index is 1.71. The topological polar surface area (TPSA) is 116 Å². The number of hydrogen-bond acceptors (Lipinski definition) is 6. The van der Waals surface area contributed by atoms with Gasteiger partial charge in [0.15, 0.2) is 5.82 Å². The van der Waals surface area contributed by atoms with Crippen LogP contribution in [0.4, 0.5) is 0 Å². The first-order valence-corrected chi connectivity index (χ1v) is 11.3. The molecule has 2 aromatic carbocycles. The molecule has 0 bridgehead atoms. The first-order chi connectivity index (χ1) is 14.6. The third-order valence-corrected chi connectivity index (χ3v) is 6.61. The standard InChI is InChI=1S/C21H24N6O3S/c1-13-5-10-18-17(11-13)20(28)26(4)21-24-23-19(27(18)21)12-25(3)14(2)15-6-8-16(9-7-15)31(22,29)30/h5-11,14H,12H2,1-4H3,(H2,22,29,30). The van der Waals surface area contributed by atoms with Crippen molar-refractivity contribution in [2.75, 3.05) is 7.05 Å². The van der Waals surface area contributed by atoms with E-state index < -0.39 is 10.0 Å². The average Bonchev–Trinajstić information content (AvgIpc) is 3.14. The summed E-state index contributed by atoms with van der Waals surface area (Å²) in [6.07, 6.45) is 0. The molecule has 9 nitrogen and oxygen atoms in total. The van der Waals surface area contributed by atoms with Crippen molar-refractivity contribution in [2.45, 2.75) is 31.3 Å². The SMILES string of the molecule is Cc1ccc2c(c1)c(=O)n(C)c1nnc(CN(C)C(C)c3ccc(S(N)(=O)=O)cc3)n21. The molecule has 31 heavy (non-hydrogen) atoms. The molecule has 0 aliphatic carbocycles. The van der Waals surface area contributed by atoms with Crippen molar-refractivity contribution < 1.29 is 8.42 Å². The average molecular weight is 441 g/mol. The molecule has 2 N–H and O–H groups in total. The Kier molecular flexibility index (Phi) is 5.16. The predicted molar refractivity (Wildman–Crippen MR) is 118 cm³/mol. The van der Waals surface area contributed by atoms with Crippen LogP contribution >= 0.6 is 0 Å². The molecule has 0 aliphatic rings. The molecule has 0 radical (unpaired) electrons. The largest absolute Gasteiger partial charge is 0.292 e. The molecule has 2 heterocycles. The zero-order valence-corrected chi connectivity index (χ0v) is 18.6. The van der Waals surface area contributed by atoms with Gasteiger partial charge in [-0.1, -0.05) is 23.8 Å². The Morgan fingerprint density at radius 2 is 1.81 bits per heavy atom. The molecule has 0 spiro atoms. The highest BCUT2D eigenvalue weighted by Crippen LogP contribution is 2.23. The summed E-state index contributed by atoms with van der Waals surface area (Å²) < 4.78 is 26.4. The van der Waals surface area contributed by atoms with Crippen LogP contribution in [0.15, 0.2) is 52.2 Å². The molecule has 0 amide bonds. The first kappa shape index (κ1) is 21.2. The minimum absolute atomic E-state index is 0.0251. The van der Waals surface area contributed by atoms with Gasteiger partial charge in [-0.05, 0) is 50.7 Å². The van der Waals surface area contributed by atoms with Crippen LogP contribution in [0.25, 0.3) is 16.7 Å². The molecule has 0 saturated carbocycles. The summed E-state index contributed by atoms with van der Waals surface area (Å²) in [6.45, 7) is 4.44. The second-order valence-corrected chi connectivity index (χ2v) is 9.40. The number of hydrogen-bond donors (Lipinski definition) is 1. The molecule has 4 aromatic rings. The normalized spacial score (nSPS) is 13.4. The van der Waals surface area contributed by atoms with Crippen molar-refractivity contribution in [1.82, 2.24) is 24.1 Å². The summed E-state index contributed by atoms with van der Waals surface area (Å²) in [5.41, 5.74) is 2.60. The van der Waals surface area contributed by atoms with Gasteiger partial charge in [0.05, 0.1) is 22.3 Å². The fourth-order valence-electron chi connectivity index (χ4n) is 3.71. The Bertz CT molecular complexity index is 1450. The van der Waals surface area contributed by atoms with Crippen molar-refractivity contribution in [2.24, 2.45) is 12.2 Å². The van der Waals surface area contributed by atoms with Crippen LogP contribution < -0.4 is 10.7 Å². The van der Waals surface area contributed by atoms with Crippen molar-refractivity contribution in [3.05, 3.63) is 69.8 Å². The molecule has 1 unspecified atom stereocenters. The van der Waals surface area contributed by atoms with Crippen molar-refractivity contribution in [3.8, 4) is 0 Å². The van der Waals surface area contributed by atoms with E-state index in [2.05, 4.69) is 15.1 Å². The Hall–Kier alpha value is -3.08. The van der Waals surface area contributed by atoms with Gasteiger partial charge in [-0.15, -0.1) is 10.2 Å². The van der Waals surface area contributed by atoms with Crippen LogP contribution in [0.1, 0.15) is 29.9 Å². The van der Waals surface area contributed by atoms with Gasteiger partial charge in [-0.2, -0.15) is 0 Å². The molecular weight excluding hydrogens is 416 g/mol. The van der Waals surface area contributed by atoms with Gasteiger partial charge in [-0.25, -0.2) is 13.6 Å². The Morgan fingerprint density at radius 3 is 2.45 bits per heavy atom. The number of nitrogens with zero attached hydrogens (tertiary/aromatic N) is 5. The molecule has 162 valence electrons. The molecule has 10 heteroatoms. The second-order valence-electron chi connectivity index (χ2n) is 7.84. The van der Waals surface area contributed by atoms with Crippen molar-refractivity contribution in [1.29, 1.82) is 0 Å². The van der Waals surface area contributed by atoms with Crippen LogP contribution in [0.2, 0.25) is 0 Å². The van der Waals surface area contributed by atoms with E-state index in [-0.39, 0.29) is 16.5 Å². The Morgan fingerprint density at radius 1 is 1.13 bits per heavy atom. The van der Waals surface area contributed by atoms with Gasteiger partial charge in [0.25, 0.3) is 5.56 Å². The summed E-state index contributed by atoms with van der Waals surface area (Å²) in [6, 6.07) is 12.3. The number of benzene rings is 2. The van der Waals surface area contributed by atoms with E-state index in [0.717, 1.165) is 16.6 Å². The third-order valence-electron chi connectivity index (χ3n) is 5.68. The minimum Gasteiger partial charge on any atom is -0.292 e. The second kappa shape index (κ2) is 7.56. The smallest absolute Gasteiger partial charge is 0.262 e. The van der Waals surface area contributed by atoms with E-state index in [1.54, 1.807) is 19.2 Å². The lowest BCUT2D eigenvalue weighted by Crippen LogP contribution is -2.24. The monoisotopic (exact) mass is 440 g/mol. The highest BCUT2D eigenvalue weighted by molar-refractivity contribution is 7.89. The molecule has 0 fully saturated rings. The summed E-state index contributed by atoms with van der Waals surface area (Å²) in [5.74, 6) is 1.19. The maximum atomic E-state index is 12.7. The van der Waals surface area contributed by atoms with E-state index >= 15 is 0 Å². The fourth-order valence-corrected chi connectivity index (χ4v) is 4.23. The zero-order valence-electron chi connectivity index (χ0n) is 17.8. The third kappa shape index (κ3) is 3.73. The maximum Gasteiger partial charge on any atom is 0.262 e. The number of aryl methyl sites for hydroxylation is 2. The molecule has 2 aromatic heterocycles. The summed E-state index contributed by atoms with van der Waals surface area (Å²) in [7, 11) is -0.0817. The lowest BCUT2D eigenvalue weighted by atomic mass is 10.1. The van der Waals surface area contributed by atoms with Gasteiger partial charge in [0.1, 0.15) is 0 Å². The summed E-state index contributed by atoms with van der Waals surface area (Å²) in [4.78, 5) is 14.9. The van der Waals surface area contributed by atoms with Crippen LogP contribution in [0.5, 0.6) is 0 Å². The number of primary sulfonamides is 1. The number of fused-ring (bicyclic) bond motifs is 3. The highest BCUT2D eigenvalue weighted by atomic mass is 32.2. The quantitative estimate of drug-likeness (QED) is 0.505. The summed E-state index contributed by atoms with van der Waals surface area (Å²) >= 11 is 0. The molecule has 0 saturated heterocycles. The Labute approximate surface area is 179 Å². The predicted octanol–water partition coefficient (Wildman–Crippen LogP) is 1.73. The number of nitrogens with two attached hydrogens (primary N) is 1. The maximum absolute atomic E-state index is 12.7. The number of sulfonamides is 1. The molecule has 0 aliphatic heterocycles. The van der Waals surface area contributed by atoms with Gasteiger partial charge in [-0.3, -0.25) is 18.7 Å². The fraction of sp³-hybridized carbons (Fsp3) is 0.286. The van der Waals surface area contributed by atoms with E-state index in [1.807, 2.05) is 43.5 Å². The van der Waals surface area contributed by atoms with Gasteiger partial charge >= 0.3 is 0 Å². The first-order valence-electron chi connectivity index (χ1n) is 9.74. The van der Waals surface area contributed by atoms with Gasteiger partial charge < -0.3 is 0 Å². The number of rotatable bonds is 5. The lowest BCUT2D eigenvalue weighted by Gasteiger charge is -2.24. The van der Waals surface area contributed by atoms with E-state index in [4.69, 9.17) is 5.14 Å².